The summed E-state index contributed by atoms with van der Waals surface area (Å²) in [5.41, 5.74) is 0. The quantitative estimate of drug-likeness (QED) is 0.565. The maximum atomic E-state index is 10.5. The molecule has 8 heteroatoms. The molecule has 1 saturated heterocycles. The van der Waals surface area contributed by atoms with Gasteiger partial charge in [-0.1, -0.05) is 13.8 Å². The van der Waals surface area contributed by atoms with Crippen LogP contribution in [-0.2, 0) is 18.9 Å². The molecule has 0 aromatic rings. The fourth-order valence-corrected chi connectivity index (χ4v) is 1.35. The van der Waals surface area contributed by atoms with Gasteiger partial charge in [-0.15, -0.1) is 0 Å². The minimum Gasteiger partial charge on any atom is -0.450 e. The zero-order valence-electron chi connectivity index (χ0n) is 9.41. The molecule has 0 atom stereocenters. The Labute approximate surface area is 97.0 Å². The number of hydrogen-bond donors (Lipinski definition) is 2. The van der Waals surface area contributed by atoms with Crippen LogP contribution in [0.4, 0.5) is 9.59 Å². The van der Waals surface area contributed by atoms with E-state index in [0.717, 1.165) is 0 Å². The van der Waals surface area contributed by atoms with Crippen LogP contribution < -0.4 is 0 Å². The fourth-order valence-electron chi connectivity index (χ4n) is 1.35. The van der Waals surface area contributed by atoms with E-state index in [9.17, 15) is 9.59 Å². The highest BCUT2D eigenvalue weighted by molar-refractivity contribution is 5.60. The van der Waals surface area contributed by atoms with Crippen LogP contribution in [0.25, 0.3) is 0 Å². The van der Waals surface area contributed by atoms with Gasteiger partial charge in [0.15, 0.2) is 6.29 Å². The zero-order valence-corrected chi connectivity index (χ0v) is 9.41. The van der Waals surface area contributed by atoms with E-state index in [0.29, 0.717) is 0 Å². The third-order valence-electron chi connectivity index (χ3n) is 2.03. The van der Waals surface area contributed by atoms with E-state index in [2.05, 4.69) is 9.47 Å². The molecule has 0 amide bonds. The van der Waals surface area contributed by atoms with Gasteiger partial charge in [0.1, 0.15) is 13.2 Å². The molecule has 1 aliphatic heterocycles. The van der Waals surface area contributed by atoms with Crippen LogP contribution in [0, 0.1) is 5.92 Å². The maximum absolute atomic E-state index is 10.5. The van der Waals surface area contributed by atoms with Crippen LogP contribution in [0.5, 0.6) is 0 Å². The molecule has 0 unspecified atom stereocenters. The second-order valence-electron chi connectivity index (χ2n) is 3.88. The third-order valence-corrected chi connectivity index (χ3v) is 2.03. The first-order chi connectivity index (χ1) is 7.84. The fraction of sp³-hybridized carbons (Fsp3) is 0.778. The molecule has 0 spiro atoms. The highest BCUT2D eigenvalue weighted by Crippen LogP contribution is 2.25. The smallest absolute Gasteiger partial charge is 0.450 e. The standard InChI is InChI=1S/C9H14O8/c1-5(2)6-14-3-9(4-15-6,16-7(10)11)17-8(12)13/h5-6H,3-4H2,1-2H3,(H,10,11)(H,12,13). The molecule has 0 bridgehead atoms. The van der Waals surface area contributed by atoms with Crippen molar-refractivity contribution in [1.29, 1.82) is 0 Å². The summed E-state index contributed by atoms with van der Waals surface area (Å²) in [6.07, 6.45) is -3.87. The normalized spacial score (nSPS) is 19.9. The van der Waals surface area contributed by atoms with Crippen molar-refractivity contribution in [2.24, 2.45) is 5.92 Å². The molecular formula is C9H14O8. The largest absolute Gasteiger partial charge is 0.509 e. The lowest BCUT2D eigenvalue weighted by atomic mass is 10.2. The summed E-state index contributed by atoms with van der Waals surface area (Å²) in [4.78, 5) is 20.9. The molecule has 1 rings (SSSR count). The molecular weight excluding hydrogens is 236 g/mol. The molecule has 0 radical (unpaired) electrons. The van der Waals surface area contributed by atoms with E-state index in [-0.39, 0.29) is 19.1 Å². The number of rotatable bonds is 3. The monoisotopic (exact) mass is 250 g/mol. The summed E-state index contributed by atoms with van der Waals surface area (Å²) in [6.45, 7) is 3.00. The first-order valence-electron chi connectivity index (χ1n) is 4.92. The molecule has 1 heterocycles. The number of carbonyl (C=O) groups is 2. The molecule has 8 nitrogen and oxygen atoms in total. The lowest BCUT2D eigenvalue weighted by Crippen LogP contribution is -2.54. The lowest BCUT2D eigenvalue weighted by Gasteiger charge is -2.37. The summed E-state index contributed by atoms with van der Waals surface area (Å²) >= 11 is 0. The van der Waals surface area contributed by atoms with E-state index in [1.165, 1.54) is 0 Å². The van der Waals surface area contributed by atoms with Crippen LogP contribution in [0.15, 0.2) is 0 Å². The Bertz CT molecular complexity index is 273. The third kappa shape index (κ3) is 3.75. The Hall–Kier alpha value is -1.54. The maximum Gasteiger partial charge on any atom is 0.509 e. The van der Waals surface area contributed by atoms with E-state index in [1.54, 1.807) is 0 Å². The SMILES string of the molecule is CC(C)C1OCC(OC(=O)O)(OC(=O)O)CO1. The van der Waals surface area contributed by atoms with Gasteiger partial charge < -0.3 is 29.2 Å². The Morgan fingerprint density at radius 1 is 1.18 bits per heavy atom. The van der Waals surface area contributed by atoms with Crippen molar-refractivity contribution in [3.05, 3.63) is 0 Å². The molecule has 1 fully saturated rings. The van der Waals surface area contributed by atoms with Gasteiger partial charge in [-0.2, -0.15) is 0 Å². The van der Waals surface area contributed by atoms with Crippen molar-refractivity contribution in [3.63, 3.8) is 0 Å². The Morgan fingerprint density at radius 3 is 1.88 bits per heavy atom. The second-order valence-corrected chi connectivity index (χ2v) is 3.88. The predicted octanol–water partition coefficient (Wildman–Crippen LogP) is 1.10. The van der Waals surface area contributed by atoms with Crippen LogP contribution >= 0.6 is 0 Å². The van der Waals surface area contributed by atoms with Gasteiger partial charge in [-0.3, -0.25) is 0 Å². The summed E-state index contributed by atoms with van der Waals surface area (Å²) in [5, 5.41) is 17.0. The molecule has 0 aromatic carbocycles. The van der Waals surface area contributed by atoms with Gasteiger partial charge in [0.2, 0.25) is 0 Å². The van der Waals surface area contributed by atoms with Gasteiger partial charge >= 0.3 is 18.1 Å². The van der Waals surface area contributed by atoms with Crippen molar-refractivity contribution < 1.29 is 38.7 Å². The summed E-state index contributed by atoms with van der Waals surface area (Å²) in [5.74, 6) is -1.91. The Balaban J connectivity index is 2.67. The van der Waals surface area contributed by atoms with Gasteiger partial charge in [0.25, 0.3) is 0 Å². The average molecular weight is 250 g/mol. The van der Waals surface area contributed by atoms with Crippen LogP contribution in [0.2, 0.25) is 0 Å². The second kappa shape index (κ2) is 5.19. The zero-order chi connectivity index (χ0) is 13.1. The molecule has 0 aromatic heterocycles. The van der Waals surface area contributed by atoms with Crippen molar-refractivity contribution in [2.45, 2.75) is 25.9 Å². The van der Waals surface area contributed by atoms with E-state index >= 15 is 0 Å². The number of ether oxygens (including phenoxy) is 4. The highest BCUT2D eigenvalue weighted by Gasteiger charge is 2.45. The van der Waals surface area contributed by atoms with Crippen LogP contribution in [-0.4, -0.2) is 47.8 Å². The molecule has 17 heavy (non-hydrogen) atoms. The summed E-state index contributed by atoms with van der Waals surface area (Å²) < 4.78 is 19.1. The molecule has 0 aliphatic carbocycles. The summed E-state index contributed by atoms with van der Waals surface area (Å²) in [7, 11) is 0. The number of carboxylic acid groups (broad SMARTS) is 2. The predicted molar refractivity (Wildman–Crippen MR) is 51.5 cm³/mol. The Morgan fingerprint density at radius 2 is 1.59 bits per heavy atom. The summed E-state index contributed by atoms with van der Waals surface area (Å²) in [6, 6.07) is 0. The number of hydrogen-bond acceptors (Lipinski definition) is 6. The lowest BCUT2D eigenvalue weighted by molar-refractivity contribution is -0.328. The van der Waals surface area contributed by atoms with Crippen LogP contribution in [0.3, 0.4) is 0 Å². The van der Waals surface area contributed by atoms with Crippen molar-refractivity contribution in [2.75, 3.05) is 13.2 Å². The molecule has 2 N–H and O–H groups in total. The van der Waals surface area contributed by atoms with Crippen molar-refractivity contribution in [1.82, 2.24) is 0 Å². The van der Waals surface area contributed by atoms with Gasteiger partial charge in [-0.25, -0.2) is 9.59 Å². The topological polar surface area (TPSA) is 112 Å². The minimum atomic E-state index is -1.96. The average Bonchev–Trinajstić information content (AvgIpc) is 2.15. The van der Waals surface area contributed by atoms with E-state index < -0.39 is 24.4 Å². The van der Waals surface area contributed by atoms with E-state index in [4.69, 9.17) is 19.7 Å². The van der Waals surface area contributed by atoms with Crippen molar-refractivity contribution in [3.8, 4) is 0 Å². The minimum absolute atomic E-state index is 0.0441. The van der Waals surface area contributed by atoms with E-state index in [1.807, 2.05) is 13.8 Å². The van der Waals surface area contributed by atoms with Crippen LogP contribution in [0.1, 0.15) is 13.8 Å². The van der Waals surface area contributed by atoms with Crippen molar-refractivity contribution >= 4 is 12.3 Å². The Kier molecular flexibility index (Phi) is 4.13. The van der Waals surface area contributed by atoms with Gasteiger partial charge in [0, 0.05) is 5.92 Å². The first kappa shape index (κ1) is 13.5. The molecule has 1 aliphatic rings. The van der Waals surface area contributed by atoms with Gasteiger partial charge in [0.05, 0.1) is 0 Å². The molecule has 0 saturated carbocycles. The van der Waals surface area contributed by atoms with Gasteiger partial charge in [-0.05, 0) is 0 Å². The highest BCUT2D eigenvalue weighted by atomic mass is 16.8. The first-order valence-corrected chi connectivity index (χ1v) is 4.92. The molecule has 98 valence electrons.